The van der Waals surface area contributed by atoms with Gasteiger partial charge in [-0.25, -0.2) is 0 Å². The lowest BCUT2D eigenvalue weighted by Crippen LogP contribution is -2.20. The maximum absolute atomic E-state index is 12.4. The van der Waals surface area contributed by atoms with Crippen LogP contribution in [0.2, 0.25) is 0 Å². The third-order valence-electron chi connectivity index (χ3n) is 3.78. The van der Waals surface area contributed by atoms with Crippen molar-refractivity contribution >= 4 is 5.78 Å². The Kier molecular flexibility index (Phi) is 1.81. The summed E-state index contributed by atoms with van der Waals surface area (Å²) in [7, 11) is 0. The fraction of sp³-hybridized carbons (Fsp3) is 0.200. The minimum Gasteiger partial charge on any atom is -0.352 e. The van der Waals surface area contributed by atoms with Gasteiger partial charge in [0.25, 0.3) is 0 Å². The Morgan fingerprint density at radius 1 is 1.22 bits per heavy atom. The molecule has 2 unspecified atom stereocenters. The van der Waals surface area contributed by atoms with Crippen molar-refractivity contribution < 1.29 is 9.53 Å². The predicted molar refractivity (Wildman–Crippen MR) is 65.3 cm³/mol. The van der Waals surface area contributed by atoms with Crippen LogP contribution in [0.3, 0.4) is 0 Å². The zero-order valence-electron chi connectivity index (χ0n) is 9.67. The van der Waals surface area contributed by atoms with Crippen LogP contribution >= 0.6 is 0 Å². The average molecular weight is 237 g/mol. The molecule has 0 bridgehead atoms. The average Bonchev–Trinajstić information content (AvgIpc) is 3.08. The third kappa shape index (κ3) is 1.17. The van der Waals surface area contributed by atoms with Gasteiger partial charge in [0.05, 0.1) is 0 Å². The second kappa shape index (κ2) is 3.27. The van der Waals surface area contributed by atoms with Crippen molar-refractivity contribution in [3.8, 4) is 0 Å². The molecule has 18 heavy (non-hydrogen) atoms. The predicted octanol–water partition coefficient (Wildman–Crippen LogP) is 2.33. The number of fused-ring (bicyclic) bond motifs is 1. The first-order valence-electron chi connectivity index (χ1n) is 6.02. The number of nitrogens with zero attached hydrogens (tertiary/aromatic N) is 1. The fourth-order valence-electron chi connectivity index (χ4n) is 2.84. The van der Waals surface area contributed by atoms with Crippen molar-refractivity contribution in [2.45, 2.75) is 18.1 Å². The molecule has 2 atom stereocenters. The van der Waals surface area contributed by atoms with Crippen LogP contribution in [0.5, 0.6) is 0 Å². The van der Waals surface area contributed by atoms with E-state index < -0.39 is 5.60 Å². The smallest absolute Gasteiger partial charge is 0.198 e. The van der Waals surface area contributed by atoms with Gasteiger partial charge in [-0.2, -0.15) is 0 Å². The van der Waals surface area contributed by atoms with Crippen LogP contribution in [0.1, 0.15) is 27.6 Å². The minimum absolute atomic E-state index is 0.118. The van der Waals surface area contributed by atoms with Crippen LogP contribution in [-0.2, 0) is 11.2 Å². The third-order valence-corrected chi connectivity index (χ3v) is 3.78. The van der Waals surface area contributed by atoms with Crippen LogP contribution in [0.15, 0.2) is 48.8 Å². The number of carbonyl (C=O) groups excluding carboxylic acids is 1. The quantitative estimate of drug-likeness (QED) is 0.715. The Hall–Kier alpha value is -2.00. The van der Waals surface area contributed by atoms with Gasteiger partial charge in [0.2, 0.25) is 0 Å². The van der Waals surface area contributed by atoms with Gasteiger partial charge in [-0.15, -0.1) is 0 Å². The number of carbonyl (C=O) groups is 1. The van der Waals surface area contributed by atoms with Gasteiger partial charge in [-0.05, 0) is 11.6 Å². The van der Waals surface area contributed by atoms with E-state index in [1.165, 1.54) is 0 Å². The zero-order valence-corrected chi connectivity index (χ0v) is 9.67. The minimum atomic E-state index is -0.646. The number of rotatable bonds is 1. The number of benzene rings is 1. The molecule has 1 aliphatic heterocycles. The Balaban J connectivity index is 1.73. The van der Waals surface area contributed by atoms with Crippen LogP contribution in [0.25, 0.3) is 0 Å². The summed E-state index contributed by atoms with van der Waals surface area (Å²) in [4.78, 5) is 16.5. The molecule has 3 heteroatoms. The van der Waals surface area contributed by atoms with Crippen LogP contribution in [0.4, 0.5) is 0 Å². The number of hydrogen-bond acceptors (Lipinski definition) is 3. The highest BCUT2D eigenvalue weighted by atomic mass is 16.6. The van der Waals surface area contributed by atoms with Gasteiger partial charge in [-0.1, -0.05) is 30.3 Å². The molecule has 0 radical (unpaired) electrons. The van der Waals surface area contributed by atoms with E-state index in [0.717, 1.165) is 16.7 Å². The second-order valence-electron chi connectivity index (χ2n) is 4.84. The second-order valence-corrected chi connectivity index (χ2v) is 4.84. The molecule has 0 amide bonds. The number of ketones is 1. The van der Waals surface area contributed by atoms with Crippen molar-refractivity contribution in [2.24, 2.45) is 0 Å². The number of Topliss-reactive ketones (excluding diaryl/α,β-unsaturated/α-hetero) is 1. The van der Waals surface area contributed by atoms with Crippen molar-refractivity contribution in [2.75, 3.05) is 0 Å². The summed E-state index contributed by atoms with van der Waals surface area (Å²) >= 11 is 0. The zero-order chi connectivity index (χ0) is 12.2. The topological polar surface area (TPSA) is 42.5 Å². The van der Waals surface area contributed by atoms with E-state index in [2.05, 4.69) is 4.98 Å². The van der Waals surface area contributed by atoms with E-state index in [-0.39, 0.29) is 11.9 Å². The van der Waals surface area contributed by atoms with Gasteiger partial charge < -0.3 is 4.74 Å². The number of epoxide rings is 1. The number of ether oxygens (including phenoxy) is 1. The van der Waals surface area contributed by atoms with E-state index in [0.29, 0.717) is 6.42 Å². The summed E-state index contributed by atoms with van der Waals surface area (Å²) in [6.07, 6.45) is 4.05. The van der Waals surface area contributed by atoms with E-state index in [1.807, 2.05) is 36.4 Å². The van der Waals surface area contributed by atoms with Gasteiger partial charge in [-0.3, -0.25) is 9.78 Å². The molecular formula is C15H11NO2. The fourth-order valence-corrected chi connectivity index (χ4v) is 2.84. The highest BCUT2D eigenvalue weighted by Crippen LogP contribution is 2.56. The molecule has 0 N–H and O–H groups in total. The largest absolute Gasteiger partial charge is 0.352 e. The van der Waals surface area contributed by atoms with Gasteiger partial charge in [0.15, 0.2) is 11.4 Å². The lowest BCUT2D eigenvalue weighted by atomic mass is 9.96. The highest BCUT2D eigenvalue weighted by molar-refractivity contribution is 6.09. The molecular weight excluding hydrogens is 226 g/mol. The van der Waals surface area contributed by atoms with Crippen LogP contribution < -0.4 is 0 Å². The Morgan fingerprint density at radius 3 is 2.89 bits per heavy atom. The summed E-state index contributed by atoms with van der Waals surface area (Å²) in [6, 6.07) is 11.6. The maximum Gasteiger partial charge on any atom is 0.198 e. The lowest BCUT2D eigenvalue weighted by Gasteiger charge is -2.00. The van der Waals surface area contributed by atoms with E-state index >= 15 is 0 Å². The summed E-state index contributed by atoms with van der Waals surface area (Å²) in [5.74, 6) is 0.118. The molecule has 1 saturated heterocycles. The van der Waals surface area contributed by atoms with E-state index in [4.69, 9.17) is 4.74 Å². The molecule has 1 aromatic heterocycles. The molecule has 2 aliphatic rings. The summed E-state index contributed by atoms with van der Waals surface area (Å²) in [5.41, 5.74) is 2.24. The Labute approximate surface area is 104 Å². The van der Waals surface area contributed by atoms with Crippen molar-refractivity contribution in [1.29, 1.82) is 0 Å². The van der Waals surface area contributed by atoms with Crippen LogP contribution in [0, 0.1) is 0 Å². The first-order chi connectivity index (χ1) is 8.81. The van der Waals surface area contributed by atoms with Crippen molar-refractivity contribution in [3.05, 3.63) is 65.5 Å². The molecule has 88 valence electrons. The molecule has 3 nitrogen and oxygen atoms in total. The summed E-state index contributed by atoms with van der Waals surface area (Å²) in [6.45, 7) is 0. The van der Waals surface area contributed by atoms with E-state index in [1.54, 1.807) is 12.4 Å². The molecule has 2 aromatic rings. The molecule has 1 spiro atoms. The first-order valence-corrected chi connectivity index (χ1v) is 6.02. The molecule has 4 rings (SSSR count). The van der Waals surface area contributed by atoms with Crippen molar-refractivity contribution in [1.82, 2.24) is 4.98 Å². The highest BCUT2D eigenvalue weighted by Gasteiger charge is 2.65. The lowest BCUT2D eigenvalue weighted by molar-refractivity contribution is 0.0894. The van der Waals surface area contributed by atoms with Gasteiger partial charge >= 0.3 is 0 Å². The summed E-state index contributed by atoms with van der Waals surface area (Å²) < 4.78 is 5.76. The first kappa shape index (κ1) is 9.97. The molecule has 0 saturated carbocycles. The van der Waals surface area contributed by atoms with Crippen molar-refractivity contribution in [3.63, 3.8) is 0 Å². The molecule has 1 aromatic carbocycles. The monoisotopic (exact) mass is 237 g/mol. The number of hydrogen-bond donors (Lipinski definition) is 0. The van der Waals surface area contributed by atoms with Crippen LogP contribution in [-0.4, -0.2) is 16.4 Å². The Morgan fingerprint density at radius 2 is 2.11 bits per heavy atom. The number of pyridine rings is 1. The standard InChI is InChI=1S/C15H11NO2/c17-13-12-6-2-1-4-10(12)8-15(13)14(18-15)11-5-3-7-16-9-11/h1-7,9,14H,8H2. The normalized spacial score (nSPS) is 28.4. The maximum atomic E-state index is 12.4. The molecule has 1 aliphatic carbocycles. The van der Waals surface area contributed by atoms with Gasteiger partial charge in [0.1, 0.15) is 6.10 Å². The van der Waals surface area contributed by atoms with E-state index in [9.17, 15) is 4.79 Å². The molecule has 2 heterocycles. The van der Waals surface area contributed by atoms with Gasteiger partial charge in [0, 0.05) is 29.9 Å². The summed E-state index contributed by atoms with van der Waals surface area (Å²) in [5, 5.41) is 0. The SMILES string of the molecule is O=C1c2ccccc2CC12OC2c1cccnc1. The Bertz CT molecular complexity index is 638. The molecule has 1 fully saturated rings. The number of aromatic nitrogens is 1.